The third kappa shape index (κ3) is 5.29. The van der Waals surface area contributed by atoms with Gasteiger partial charge in [0, 0.05) is 49.0 Å². The first-order valence-electron chi connectivity index (χ1n) is 9.93. The van der Waals surface area contributed by atoms with Gasteiger partial charge in [-0.05, 0) is 50.0 Å². The second-order valence-electron chi connectivity index (χ2n) is 7.61. The Hall–Kier alpha value is -3.65. The first-order valence-corrected chi connectivity index (χ1v) is 9.93. The van der Waals surface area contributed by atoms with E-state index >= 15 is 0 Å². The average molecular weight is 422 g/mol. The number of amides is 3. The number of benzene rings is 2. The highest BCUT2D eigenvalue weighted by Gasteiger charge is 2.22. The van der Waals surface area contributed by atoms with Crippen LogP contribution in [-0.4, -0.2) is 47.8 Å². The van der Waals surface area contributed by atoms with Gasteiger partial charge in [0.15, 0.2) is 0 Å². The molecule has 31 heavy (non-hydrogen) atoms. The lowest BCUT2D eigenvalue weighted by molar-refractivity contribution is -0.136. The fraction of sp³-hybridized carbons (Fsp3) is 0.261. The number of nitrogens with one attached hydrogen (secondary N) is 3. The van der Waals surface area contributed by atoms with Crippen LogP contribution >= 0.6 is 0 Å². The lowest BCUT2D eigenvalue weighted by Crippen LogP contribution is -2.40. The Labute approximate surface area is 181 Å². The molecule has 3 aromatic rings. The topological polar surface area (TPSA) is 95.5 Å². The second kappa shape index (κ2) is 9.44. The van der Waals surface area contributed by atoms with E-state index in [0.29, 0.717) is 11.4 Å². The Morgan fingerprint density at radius 3 is 2.16 bits per heavy atom. The van der Waals surface area contributed by atoms with Crippen molar-refractivity contribution >= 4 is 40.0 Å². The molecule has 0 spiro atoms. The summed E-state index contributed by atoms with van der Waals surface area (Å²) < 4.78 is 2.06. The Bertz CT molecular complexity index is 1100. The monoisotopic (exact) mass is 421 g/mol. The number of carbonyl (C=O) groups is 3. The maximum absolute atomic E-state index is 12.4. The van der Waals surface area contributed by atoms with Gasteiger partial charge in [0.05, 0.1) is 6.04 Å². The minimum Gasteiger partial charge on any atom is -0.350 e. The zero-order valence-corrected chi connectivity index (χ0v) is 18.1. The zero-order valence-electron chi connectivity index (χ0n) is 18.1. The van der Waals surface area contributed by atoms with E-state index in [0.717, 1.165) is 16.5 Å². The van der Waals surface area contributed by atoms with Crippen LogP contribution in [0.2, 0.25) is 0 Å². The quantitative estimate of drug-likeness (QED) is 0.533. The number of rotatable bonds is 6. The Morgan fingerprint density at radius 2 is 1.55 bits per heavy atom. The average Bonchev–Trinajstić information content (AvgIpc) is 3.05. The normalized spacial score (nSPS) is 11.9. The molecule has 3 N–H and O–H groups in total. The molecular formula is C23H27N5O3. The molecule has 0 aliphatic rings. The fourth-order valence-electron chi connectivity index (χ4n) is 3.51. The van der Waals surface area contributed by atoms with Gasteiger partial charge >= 0.3 is 11.8 Å². The number of nitrogens with zero attached hydrogens (tertiary/aromatic N) is 2. The van der Waals surface area contributed by atoms with E-state index in [1.807, 2.05) is 38.2 Å². The molecule has 0 aliphatic carbocycles. The molecule has 0 bridgehead atoms. The largest absolute Gasteiger partial charge is 0.350 e. The molecule has 0 saturated carbocycles. The van der Waals surface area contributed by atoms with Crippen LogP contribution in [0.1, 0.15) is 18.5 Å². The number of aromatic nitrogens is 1. The third-order valence-corrected chi connectivity index (χ3v) is 5.04. The smallest absolute Gasteiger partial charge is 0.313 e. The maximum Gasteiger partial charge on any atom is 0.313 e. The number of hydrogen-bond acceptors (Lipinski definition) is 4. The van der Waals surface area contributed by atoms with Crippen LogP contribution in [0.4, 0.5) is 11.4 Å². The predicted molar refractivity (Wildman–Crippen MR) is 122 cm³/mol. The molecule has 8 nitrogen and oxygen atoms in total. The van der Waals surface area contributed by atoms with Crippen molar-refractivity contribution in [2.45, 2.75) is 13.0 Å². The molecule has 1 unspecified atom stereocenters. The molecule has 3 rings (SSSR count). The summed E-state index contributed by atoms with van der Waals surface area (Å²) in [6, 6.07) is 14.5. The van der Waals surface area contributed by atoms with Crippen molar-refractivity contribution in [2.75, 3.05) is 31.3 Å². The molecule has 0 saturated heterocycles. The van der Waals surface area contributed by atoms with Gasteiger partial charge in [-0.2, -0.15) is 0 Å². The summed E-state index contributed by atoms with van der Waals surface area (Å²) in [4.78, 5) is 37.8. The summed E-state index contributed by atoms with van der Waals surface area (Å²) in [5.74, 6) is -1.64. The number of anilines is 2. The first-order chi connectivity index (χ1) is 14.8. The van der Waals surface area contributed by atoms with Crippen molar-refractivity contribution in [3.8, 4) is 0 Å². The highest BCUT2D eigenvalue weighted by Crippen LogP contribution is 2.28. The minimum atomic E-state index is -0.747. The van der Waals surface area contributed by atoms with E-state index in [1.54, 1.807) is 24.3 Å². The van der Waals surface area contributed by atoms with Gasteiger partial charge in [0.2, 0.25) is 5.91 Å². The van der Waals surface area contributed by atoms with Crippen LogP contribution in [0.15, 0.2) is 54.7 Å². The number of hydrogen-bond donors (Lipinski definition) is 3. The van der Waals surface area contributed by atoms with E-state index < -0.39 is 11.8 Å². The van der Waals surface area contributed by atoms with E-state index in [2.05, 4.69) is 38.8 Å². The van der Waals surface area contributed by atoms with Crippen LogP contribution in [0.5, 0.6) is 0 Å². The van der Waals surface area contributed by atoms with Crippen molar-refractivity contribution in [3.05, 3.63) is 60.3 Å². The van der Waals surface area contributed by atoms with Gasteiger partial charge in [-0.25, -0.2) is 0 Å². The molecule has 162 valence electrons. The zero-order chi connectivity index (χ0) is 22.5. The molecule has 0 fully saturated rings. The van der Waals surface area contributed by atoms with Crippen molar-refractivity contribution in [1.82, 2.24) is 14.8 Å². The Balaban J connectivity index is 1.64. The van der Waals surface area contributed by atoms with Gasteiger partial charge in [-0.3, -0.25) is 14.4 Å². The van der Waals surface area contributed by atoms with E-state index in [-0.39, 0.29) is 18.5 Å². The van der Waals surface area contributed by atoms with Crippen LogP contribution in [-0.2, 0) is 21.4 Å². The molecule has 1 atom stereocenters. The highest BCUT2D eigenvalue weighted by atomic mass is 16.2. The summed E-state index contributed by atoms with van der Waals surface area (Å²) in [5.41, 5.74) is 3.26. The SMILES string of the molecule is CC(=O)Nc1ccc(NC(=O)C(=O)NCC(c2cn(C)c3ccccc23)N(C)C)cc1. The molecule has 2 aromatic carbocycles. The highest BCUT2D eigenvalue weighted by molar-refractivity contribution is 6.39. The molecule has 0 radical (unpaired) electrons. The number of likely N-dealkylation sites (N-methyl/N-ethyl adjacent to an activating group) is 1. The van der Waals surface area contributed by atoms with Gasteiger partial charge in [-0.1, -0.05) is 18.2 Å². The standard InChI is InChI=1S/C23H27N5O3/c1-15(29)25-16-9-11-17(12-10-16)26-23(31)22(30)24-13-21(27(2)3)19-14-28(4)20-8-6-5-7-18(19)20/h5-12,14,21H,13H2,1-4H3,(H,24,30)(H,25,29)(H,26,31). The van der Waals surface area contributed by atoms with Crippen molar-refractivity contribution < 1.29 is 14.4 Å². The summed E-state index contributed by atoms with van der Waals surface area (Å²) in [5, 5.41) is 9.06. The summed E-state index contributed by atoms with van der Waals surface area (Å²) in [6.07, 6.45) is 2.05. The molecule has 1 aromatic heterocycles. The van der Waals surface area contributed by atoms with E-state index in [9.17, 15) is 14.4 Å². The number of para-hydroxylation sites is 1. The minimum absolute atomic E-state index is 0.0974. The summed E-state index contributed by atoms with van der Waals surface area (Å²) >= 11 is 0. The molecule has 0 aliphatic heterocycles. The van der Waals surface area contributed by atoms with E-state index in [1.165, 1.54) is 6.92 Å². The Kier molecular flexibility index (Phi) is 6.71. The molecule has 1 heterocycles. The van der Waals surface area contributed by atoms with E-state index in [4.69, 9.17) is 0 Å². The van der Waals surface area contributed by atoms with Crippen LogP contribution < -0.4 is 16.0 Å². The third-order valence-electron chi connectivity index (χ3n) is 5.04. The van der Waals surface area contributed by atoms with Crippen molar-refractivity contribution in [3.63, 3.8) is 0 Å². The maximum atomic E-state index is 12.4. The van der Waals surface area contributed by atoms with Gasteiger partial charge in [0.1, 0.15) is 0 Å². The van der Waals surface area contributed by atoms with Crippen LogP contribution in [0.3, 0.4) is 0 Å². The second-order valence-corrected chi connectivity index (χ2v) is 7.61. The van der Waals surface area contributed by atoms with Crippen molar-refractivity contribution in [1.29, 1.82) is 0 Å². The van der Waals surface area contributed by atoms with Crippen LogP contribution in [0, 0.1) is 0 Å². The van der Waals surface area contributed by atoms with Gasteiger partial charge in [-0.15, -0.1) is 0 Å². The van der Waals surface area contributed by atoms with Crippen LogP contribution in [0.25, 0.3) is 10.9 Å². The molecular weight excluding hydrogens is 394 g/mol. The fourth-order valence-corrected chi connectivity index (χ4v) is 3.51. The number of aryl methyl sites for hydroxylation is 1. The van der Waals surface area contributed by atoms with Crippen molar-refractivity contribution in [2.24, 2.45) is 7.05 Å². The number of carbonyl (C=O) groups excluding carboxylic acids is 3. The molecule has 3 amide bonds. The lowest BCUT2D eigenvalue weighted by Gasteiger charge is -2.24. The van der Waals surface area contributed by atoms with Gasteiger partial charge < -0.3 is 25.4 Å². The summed E-state index contributed by atoms with van der Waals surface area (Å²) in [6.45, 7) is 1.70. The summed E-state index contributed by atoms with van der Waals surface area (Å²) in [7, 11) is 5.87. The Morgan fingerprint density at radius 1 is 0.935 bits per heavy atom. The lowest BCUT2D eigenvalue weighted by atomic mass is 10.0. The van der Waals surface area contributed by atoms with Gasteiger partial charge in [0.25, 0.3) is 0 Å². The predicted octanol–water partition coefficient (Wildman–Crippen LogP) is 2.49. The first kappa shape index (κ1) is 22.0. The molecule has 8 heteroatoms. The number of fused-ring (bicyclic) bond motifs is 1.